The fourth-order valence-electron chi connectivity index (χ4n) is 1.78. The van der Waals surface area contributed by atoms with E-state index in [1.165, 1.54) is 12.1 Å². The van der Waals surface area contributed by atoms with Crippen molar-refractivity contribution in [2.24, 2.45) is 12.8 Å². The number of ether oxygens (including phenoxy) is 1. The summed E-state index contributed by atoms with van der Waals surface area (Å²) in [7, 11) is 3.44. The van der Waals surface area contributed by atoms with Crippen molar-refractivity contribution in [3.63, 3.8) is 0 Å². The van der Waals surface area contributed by atoms with Gasteiger partial charge in [-0.05, 0) is 12.1 Å². The Bertz CT molecular complexity index is 509. The third kappa shape index (κ3) is 1.79. The van der Waals surface area contributed by atoms with E-state index in [2.05, 4.69) is 4.98 Å². The van der Waals surface area contributed by atoms with Crippen LogP contribution in [0.4, 0.5) is 4.39 Å². The minimum atomic E-state index is -0.300. The summed E-state index contributed by atoms with van der Waals surface area (Å²) in [4.78, 5) is 4.31. The zero-order chi connectivity index (χ0) is 11.7. The van der Waals surface area contributed by atoms with Gasteiger partial charge in [-0.15, -0.1) is 0 Å². The number of fused-ring (bicyclic) bond motifs is 1. The lowest BCUT2D eigenvalue weighted by molar-refractivity contribution is 0.177. The number of methoxy groups -OCH3 is 1. The molecule has 2 rings (SSSR count). The van der Waals surface area contributed by atoms with Gasteiger partial charge in [-0.2, -0.15) is 0 Å². The molecule has 1 aromatic heterocycles. The third-order valence-corrected chi connectivity index (χ3v) is 2.56. The van der Waals surface area contributed by atoms with Crippen LogP contribution in [-0.4, -0.2) is 23.3 Å². The van der Waals surface area contributed by atoms with Crippen LogP contribution >= 0.6 is 0 Å². The van der Waals surface area contributed by atoms with Crippen LogP contribution < -0.4 is 5.73 Å². The van der Waals surface area contributed by atoms with E-state index in [0.717, 1.165) is 5.52 Å². The maximum Gasteiger partial charge on any atom is 0.128 e. The second-order valence-corrected chi connectivity index (χ2v) is 3.72. The maximum absolute atomic E-state index is 13.0. The number of hydrogen-bond donors (Lipinski definition) is 1. The number of nitrogens with zero attached hydrogens (tertiary/aromatic N) is 2. The maximum atomic E-state index is 13.0. The summed E-state index contributed by atoms with van der Waals surface area (Å²) in [5.41, 5.74) is 7.38. The van der Waals surface area contributed by atoms with Crippen molar-refractivity contribution in [2.45, 2.75) is 6.04 Å². The van der Waals surface area contributed by atoms with Gasteiger partial charge in [0.25, 0.3) is 0 Å². The summed E-state index contributed by atoms with van der Waals surface area (Å²) in [5, 5.41) is 0. The number of nitrogens with two attached hydrogens (primary N) is 1. The van der Waals surface area contributed by atoms with Crippen molar-refractivity contribution < 1.29 is 9.13 Å². The van der Waals surface area contributed by atoms with Crippen molar-refractivity contribution >= 4 is 11.0 Å². The summed E-state index contributed by atoms with van der Waals surface area (Å²) in [5.74, 6) is 0.403. The van der Waals surface area contributed by atoms with Gasteiger partial charge in [-0.3, -0.25) is 0 Å². The Morgan fingerprint density at radius 1 is 1.56 bits per heavy atom. The second-order valence-electron chi connectivity index (χ2n) is 3.72. The van der Waals surface area contributed by atoms with Crippen LogP contribution in [0.3, 0.4) is 0 Å². The van der Waals surface area contributed by atoms with Crippen molar-refractivity contribution in [2.75, 3.05) is 13.7 Å². The molecule has 1 unspecified atom stereocenters. The highest BCUT2D eigenvalue weighted by Crippen LogP contribution is 2.19. The number of aromatic nitrogens is 2. The number of benzene rings is 1. The molecule has 0 spiro atoms. The van der Waals surface area contributed by atoms with Crippen LogP contribution in [0.2, 0.25) is 0 Å². The molecule has 16 heavy (non-hydrogen) atoms. The fraction of sp³-hybridized carbons (Fsp3) is 0.364. The molecule has 0 aliphatic heterocycles. The van der Waals surface area contributed by atoms with E-state index in [1.807, 2.05) is 11.6 Å². The number of aryl methyl sites for hydroxylation is 1. The smallest absolute Gasteiger partial charge is 0.128 e. The lowest BCUT2D eigenvalue weighted by Crippen LogP contribution is -2.20. The SMILES string of the molecule is COCC(N)c1nc2cc(F)ccc2n1C. The molecule has 0 saturated heterocycles. The molecule has 86 valence electrons. The highest BCUT2D eigenvalue weighted by molar-refractivity contribution is 5.76. The average Bonchev–Trinajstić information content (AvgIpc) is 2.56. The minimum Gasteiger partial charge on any atom is -0.383 e. The normalized spacial score (nSPS) is 13.2. The molecule has 0 radical (unpaired) electrons. The van der Waals surface area contributed by atoms with Crippen molar-refractivity contribution in [1.29, 1.82) is 0 Å². The van der Waals surface area contributed by atoms with Crippen molar-refractivity contribution in [3.8, 4) is 0 Å². The lowest BCUT2D eigenvalue weighted by Gasteiger charge is -2.09. The van der Waals surface area contributed by atoms with Crippen molar-refractivity contribution in [3.05, 3.63) is 29.8 Å². The van der Waals surface area contributed by atoms with Gasteiger partial charge in [0.2, 0.25) is 0 Å². The summed E-state index contributed by atoms with van der Waals surface area (Å²) < 4.78 is 19.9. The van der Waals surface area contributed by atoms with Crippen LogP contribution in [0.15, 0.2) is 18.2 Å². The number of imidazole rings is 1. The summed E-state index contributed by atoms with van der Waals surface area (Å²) >= 11 is 0. The first kappa shape index (κ1) is 11.0. The first-order valence-corrected chi connectivity index (χ1v) is 5.00. The lowest BCUT2D eigenvalue weighted by atomic mass is 10.3. The number of halogens is 1. The third-order valence-electron chi connectivity index (χ3n) is 2.56. The Labute approximate surface area is 92.8 Å². The van der Waals surface area contributed by atoms with Gasteiger partial charge in [0, 0.05) is 20.2 Å². The van der Waals surface area contributed by atoms with Gasteiger partial charge in [0.05, 0.1) is 23.7 Å². The van der Waals surface area contributed by atoms with Gasteiger partial charge in [-0.1, -0.05) is 0 Å². The molecule has 0 bridgehead atoms. The molecular formula is C11H14FN3O. The van der Waals surface area contributed by atoms with E-state index < -0.39 is 0 Å². The Morgan fingerprint density at radius 3 is 3.00 bits per heavy atom. The van der Waals surface area contributed by atoms with E-state index in [0.29, 0.717) is 17.9 Å². The number of rotatable bonds is 3. The van der Waals surface area contributed by atoms with E-state index in [9.17, 15) is 4.39 Å². The molecule has 5 heteroatoms. The molecule has 0 saturated carbocycles. The molecule has 0 fully saturated rings. The minimum absolute atomic E-state index is 0.294. The first-order chi connectivity index (χ1) is 7.63. The summed E-state index contributed by atoms with van der Waals surface area (Å²) in [6.07, 6.45) is 0. The highest BCUT2D eigenvalue weighted by Gasteiger charge is 2.14. The molecule has 0 amide bonds. The second kappa shape index (κ2) is 4.19. The standard InChI is InChI=1S/C11H14FN3O/c1-15-10-4-3-7(12)5-9(10)14-11(15)8(13)6-16-2/h3-5,8H,6,13H2,1-2H3. The zero-order valence-electron chi connectivity index (χ0n) is 9.27. The largest absolute Gasteiger partial charge is 0.383 e. The van der Waals surface area contributed by atoms with Gasteiger partial charge in [0.15, 0.2) is 0 Å². The van der Waals surface area contributed by atoms with Crippen LogP contribution in [0, 0.1) is 5.82 Å². The molecular weight excluding hydrogens is 209 g/mol. The highest BCUT2D eigenvalue weighted by atomic mass is 19.1. The first-order valence-electron chi connectivity index (χ1n) is 5.00. The predicted molar refractivity (Wildman–Crippen MR) is 59.5 cm³/mol. The monoisotopic (exact) mass is 223 g/mol. The summed E-state index contributed by atoms with van der Waals surface area (Å²) in [6.45, 7) is 0.389. The van der Waals surface area contributed by atoms with E-state index in [4.69, 9.17) is 10.5 Å². The molecule has 0 aliphatic carbocycles. The van der Waals surface area contributed by atoms with Gasteiger partial charge in [0.1, 0.15) is 11.6 Å². The van der Waals surface area contributed by atoms with Gasteiger partial charge in [-0.25, -0.2) is 9.37 Å². The van der Waals surface area contributed by atoms with E-state index in [-0.39, 0.29) is 11.9 Å². The van der Waals surface area contributed by atoms with Crippen LogP contribution in [0.1, 0.15) is 11.9 Å². The molecule has 2 N–H and O–H groups in total. The van der Waals surface area contributed by atoms with Crippen LogP contribution in [0.5, 0.6) is 0 Å². The fourth-order valence-corrected chi connectivity index (χ4v) is 1.78. The van der Waals surface area contributed by atoms with E-state index >= 15 is 0 Å². The Kier molecular flexibility index (Phi) is 2.89. The average molecular weight is 223 g/mol. The molecule has 1 heterocycles. The molecule has 1 aromatic carbocycles. The van der Waals surface area contributed by atoms with Gasteiger partial charge >= 0.3 is 0 Å². The zero-order valence-corrected chi connectivity index (χ0v) is 9.27. The van der Waals surface area contributed by atoms with E-state index in [1.54, 1.807) is 13.2 Å². The van der Waals surface area contributed by atoms with Crippen LogP contribution in [0.25, 0.3) is 11.0 Å². The predicted octanol–water partition coefficient (Wildman–Crippen LogP) is 1.36. The Balaban J connectivity index is 2.51. The molecule has 0 aliphatic rings. The molecule has 2 aromatic rings. The Morgan fingerprint density at radius 2 is 2.31 bits per heavy atom. The quantitative estimate of drug-likeness (QED) is 0.854. The van der Waals surface area contributed by atoms with Crippen molar-refractivity contribution in [1.82, 2.24) is 9.55 Å². The Hall–Kier alpha value is -1.46. The summed E-state index contributed by atoms with van der Waals surface area (Å²) in [6, 6.07) is 4.21. The van der Waals surface area contributed by atoms with Gasteiger partial charge < -0.3 is 15.0 Å². The van der Waals surface area contributed by atoms with Crippen LogP contribution in [-0.2, 0) is 11.8 Å². The molecule has 4 nitrogen and oxygen atoms in total. The number of hydrogen-bond acceptors (Lipinski definition) is 3. The molecule has 1 atom stereocenters. The topological polar surface area (TPSA) is 53.1 Å².